The third-order valence-electron chi connectivity index (χ3n) is 4.57. The van der Waals surface area contributed by atoms with Gasteiger partial charge in [-0.05, 0) is 44.0 Å². The average molecular weight is 338 g/mol. The zero-order valence-corrected chi connectivity index (χ0v) is 14.8. The van der Waals surface area contributed by atoms with Crippen LogP contribution in [0.3, 0.4) is 0 Å². The van der Waals surface area contributed by atoms with E-state index in [9.17, 15) is 4.79 Å². The number of ether oxygens (including phenoxy) is 1. The van der Waals surface area contributed by atoms with Crippen LogP contribution in [-0.2, 0) is 11.2 Å². The van der Waals surface area contributed by atoms with E-state index in [2.05, 4.69) is 17.3 Å². The molecule has 132 valence electrons. The summed E-state index contributed by atoms with van der Waals surface area (Å²) in [6.07, 6.45) is 3.58. The number of likely N-dealkylation sites (tertiary alicyclic amines) is 1. The van der Waals surface area contributed by atoms with Crippen LogP contribution in [0.4, 0.5) is 5.69 Å². The predicted molar refractivity (Wildman–Crippen MR) is 101 cm³/mol. The molecule has 0 aromatic heterocycles. The molecule has 2 aromatic carbocycles. The Labute approximate surface area is 149 Å². The molecule has 1 fully saturated rings. The summed E-state index contributed by atoms with van der Waals surface area (Å²) in [5.74, 6) is 0.857. The quantitative estimate of drug-likeness (QED) is 0.872. The van der Waals surface area contributed by atoms with Crippen LogP contribution >= 0.6 is 0 Å². The van der Waals surface area contributed by atoms with E-state index in [0.29, 0.717) is 6.42 Å². The van der Waals surface area contributed by atoms with E-state index in [1.54, 1.807) is 0 Å². The van der Waals surface area contributed by atoms with Crippen molar-refractivity contribution in [1.29, 1.82) is 0 Å². The van der Waals surface area contributed by atoms with Crippen molar-refractivity contribution in [2.45, 2.75) is 31.8 Å². The number of nitrogens with zero attached hydrogens (tertiary/aromatic N) is 1. The van der Waals surface area contributed by atoms with Crippen LogP contribution in [0.15, 0.2) is 54.6 Å². The standard InChI is InChI=1S/C21H26N2O2/c1-23-14-12-19(13-15-23)25-20-9-5-8-18(16-20)22-21(24)11-10-17-6-3-2-4-7-17/h2-9,16,19H,10-15H2,1H3,(H,22,24). The number of hydrogen-bond donors (Lipinski definition) is 1. The fourth-order valence-corrected chi connectivity index (χ4v) is 3.07. The molecule has 1 aliphatic rings. The molecule has 1 aliphatic heterocycles. The number of hydrogen-bond acceptors (Lipinski definition) is 3. The normalized spacial score (nSPS) is 15.7. The van der Waals surface area contributed by atoms with Gasteiger partial charge in [-0.3, -0.25) is 4.79 Å². The zero-order chi connectivity index (χ0) is 17.5. The maximum atomic E-state index is 12.2. The molecule has 0 radical (unpaired) electrons. The molecule has 0 atom stereocenters. The molecule has 0 unspecified atom stereocenters. The van der Waals surface area contributed by atoms with Crippen LogP contribution in [0.1, 0.15) is 24.8 Å². The van der Waals surface area contributed by atoms with Crippen LogP contribution in [0.2, 0.25) is 0 Å². The summed E-state index contributed by atoms with van der Waals surface area (Å²) < 4.78 is 6.08. The summed E-state index contributed by atoms with van der Waals surface area (Å²) >= 11 is 0. The Bertz CT molecular complexity index is 679. The number of nitrogens with one attached hydrogen (secondary N) is 1. The Morgan fingerprint density at radius 1 is 1.12 bits per heavy atom. The number of carbonyl (C=O) groups is 1. The Balaban J connectivity index is 1.50. The van der Waals surface area contributed by atoms with Crippen LogP contribution in [0, 0.1) is 0 Å². The minimum atomic E-state index is 0.0281. The van der Waals surface area contributed by atoms with Crippen molar-refractivity contribution in [2.75, 3.05) is 25.5 Å². The van der Waals surface area contributed by atoms with E-state index in [0.717, 1.165) is 43.8 Å². The summed E-state index contributed by atoms with van der Waals surface area (Å²) in [4.78, 5) is 14.5. The highest BCUT2D eigenvalue weighted by Crippen LogP contribution is 2.22. The van der Waals surface area contributed by atoms with Gasteiger partial charge in [0.05, 0.1) is 0 Å². The number of rotatable bonds is 6. The smallest absolute Gasteiger partial charge is 0.224 e. The first-order valence-electron chi connectivity index (χ1n) is 8.98. The Morgan fingerprint density at radius 3 is 2.64 bits per heavy atom. The molecular formula is C21H26N2O2. The maximum absolute atomic E-state index is 12.2. The van der Waals surface area contributed by atoms with Crippen LogP contribution in [0.25, 0.3) is 0 Å². The first kappa shape index (κ1) is 17.5. The van der Waals surface area contributed by atoms with Gasteiger partial charge in [0.25, 0.3) is 0 Å². The van der Waals surface area contributed by atoms with Gasteiger partial charge in [-0.2, -0.15) is 0 Å². The molecule has 0 spiro atoms. The number of carbonyl (C=O) groups excluding carboxylic acids is 1. The molecule has 1 N–H and O–H groups in total. The van der Waals surface area contributed by atoms with E-state index < -0.39 is 0 Å². The van der Waals surface area contributed by atoms with Gasteiger partial charge >= 0.3 is 0 Å². The van der Waals surface area contributed by atoms with Gasteiger partial charge in [-0.25, -0.2) is 0 Å². The largest absolute Gasteiger partial charge is 0.490 e. The lowest BCUT2D eigenvalue weighted by atomic mass is 10.1. The average Bonchev–Trinajstić information content (AvgIpc) is 2.63. The van der Waals surface area contributed by atoms with Gasteiger partial charge in [0.1, 0.15) is 11.9 Å². The molecule has 4 nitrogen and oxygen atoms in total. The van der Waals surface area contributed by atoms with Crippen molar-refractivity contribution < 1.29 is 9.53 Å². The summed E-state index contributed by atoms with van der Waals surface area (Å²) in [5, 5.41) is 2.97. The molecule has 2 aromatic rings. The Morgan fingerprint density at radius 2 is 1.88 bits per heavy atom. The van der Waals surface area contributed by atoms with E-state index in [1.807, 2.05) is 54.6 Å². The fraction of sp³-hybridized carbons (Fsp3) is 0.381. The van der Waals surface area contributed by atoms with Crippen molar-refractivity contribution in [3.05, 3.63) is 60.2 Å². The summed E-state index contributed by atoms with van der Waals surface area (Å²) in [6, 6.07) is 17.8. The van der Waals surface area contributed by atoms with Gasteiger partial charge in [-0.1, -0.05) is 36.4 Å². The van der Waals surface area contributed by atoms with E-state index in [1.165, 1.54) is 5.56 Å². The number of benzene rings is 2. The van der Waals surface area contributed by atoms with Gasteiger partial charge < -0.3 is 15.0 Å². The Hall–Kier alpha value is -2.33. The number of piperidine rings is 1. The van der Waals surface area contributed by atoms with Crippen LogP contribution < -0.4 is 10.1 Å². The fourth-order valence-electron chi connectivity index (χ4n) is 3.07. The second kappa shape index (κ2) is 8.67. The van der Waals surface area contributed by atoms with Gasteiger partial charge in [0.2, 0.25) is 5.91 Å². The topological polar surface area (TPSA) is 41.6 Å². The molecule has 25 heavy (non-hydrogen) atoms. The second-order valence-electron chi connectivity index (χ2n) is 6.68. The summed E-state index contributed by atoms with van der Waals surface area (Å²) in [5.41, 5.74) is 1.97. The van der Waals surface area contributed by atoms with Gasteiger partial charge in [0, 0.05) is 31.3 Å². The van der Waals surface area contributed by atoms with Crippen molar-refractivity contribution in [3.63, 3.8) is 0 Å². The molecule has 1 heterocycles. The number of aryl methyl sites for hydroxylation is 1. The lowest BCUT2D eigenvalue weighted by Crippen LogP contribution is -2.35. The minimum Gasteiger partial charge on any atom is -0.490 e. The second-order valence-corrected chi connectivity index (χ2v) is 6.68. The summed E-state index contributed by atoms with van der Waals surface area (Å²) in [7, 11) is 2.14. The maximum Gasteiger partial charge on any atom is 0.224 e. The van der Waals surface area contributed by atoms with Crippen molar-refractivity contribution in [2.24, 2.45) is 0 Å². The lowest BCUT2D eigenvalue weighted by Gasteiger charge is -2.29. The third-order valence-corrected chi connectivity index (χ3v) is 4.57. The molecule has 0 saturated carbocycles. The van der Waals surface area contributed by atoms with E-state index in [-0.39, 0.29) is 12.0 Å². The molecule has 0 bridgehead atoms. The molecule has 1 amide bonds. The van der Waals surface area contributed by atoms with Crippen molar-refractivity contribution in [1.82, 2.24) is 4.90 Å². The zero-order valence-electron chi connectivity index (χ0n) is 14.8. The van der Waals surface area contributed by atoms with Crippen molar-refractivity contribution in [3.8, 4) is 5.75 Å². The molecule has 4 heteroatoms. The van der Waals surface area contributed by atoms with Crippen molar-refractivity contribution >= 4 is 11.6 Å². The van der Waals surface area contributed by atoms with Gasteiger partial charge in [-0.15, -0.1) is 0 Å². The summed E-state index contributed by atoms with van der Waals surface area (Å²) in [6.45, 7) is 2.14. The highest BCUT2D eigenvalue weighted by atomic mass is 16.5. The number of amides is 1. The first-order chi connectivity index (χ1) is 12.2. The lowest BCUT2D eigenvalue weighted by molar-refractivity contribution is -0.116. The van der Waals surface area contributed by atoms with E-state index >= 15 is 0 Å². The number of anilines is 1. The van der Waals surface area contributed by atoms with E-state index in [4.69, 9.17) is 4.74 Å². The van der Waals surface area contributed by atoms with Gasteiger partial charge in [0.15, 0.2) is 0 Å². The highest BCUT2D eigenvalue weighted by molar-refractivity contribution is 5.91. The molecule has 1 saturated heterocycles. The predicted octanol–water partition coefficient (Wildman–Crippen LogP) is 3.73. The third kappa shape index (κ3) is 5.61. The molecular weight excluding hydrogens is 312 g/mol. The van der Waals surface area contributed by atoms with Crippen LogP contribution in [-0.4, -0.2) is 37.0 Å². The molecule has 0 aliphatic carbocycles. The van der Waals surface area contributed by atoms with Crippen LogP contribution in [0.5, 0.6) is 5.75 Å². The first-order valence-corrected chi connectivity index (χ1v) is 8.98. The Kier molecular flexibility index (Phi) is 6.07. The monoisotopic (exact) mass is 338 g/mol. The SMILES string of the molecule is CN1CCC(Oc2cccc(NC(=O)CCc3ccccc3)c2)CC1. The highest BCUT2D eigenvalue weighted by Gasteiger charge is 2.18. The minimum absolute atomic E-state index is 0.0281. The molecule has 3 rings (SSSR count).